The van der Waals surface area contributed by atoms with Crippen molar-refractivity contribution in [2.24, 2.45) is 0 Å². The minimum atomic E-state index is -0.466. The van der Waals surface area contributed by atoms with Crippen molar-refractivity contribution in [3.8, 4) is 22.3 Å². The molecule has 4 heteroatoms. The highest BCUT2D eigenvalue weighted by atomic mass is 16.2. The number of carbonyl (C=O) groups is 2. The van der Waals surface area contributed by atoms with E-state index in [0.717, 1.165) is 21.8 Å². The predicted octanol–water partition coefficient (Wildman–Crippen LogP) is 9.51. The summed E-state index contributed by atoms with van der Waals surface area (Å²) in [5.41, 5.74) is 7.50. The molecule has 0 spiro atoms. The topological polar surface area (TPSA) is 59.9 Å². The number of hydrogen-bond donors (Lipinski definition) is 0. The van der Waals surface area contributed by atoms with E-state index >= 15 is 0 Å². The van der Waals surface area contributed by atoms with E-state index in [-0.39, 0.29) is 7.43 Å². The Labute approximate surface area is 251 Å². The summed E-state index contributed by atoms with van der Waals surface area (Å²) in [6, 6.07) is 46.5. The third-order valence-electron chi connectivity index (χ3n) is 7.07. The highest BCUT2D eigenvalue weighted by molar-refractivity contribution is 6.49. The van der Waals surface area contributed by atoms with Crippen LogP contribution in [0, 0.1) is 0 Å². The summed E-state index contributed by atoms with van der Waals surface area (Å²) in [5, 5.41) is 2.26. The van der Waals surface area contributed by atoms with Gasteiger partial charge in [0.05, 0.1) is 11.0 Å². The van der Waals surface area contributed by atoms with E-state index in [4.69, 9.17) is 0 Å². The molecular formula is C39H30N2O2. The van der Waals surface area contributed by atoms with Gasteiger partial charge in [-0.3, -0.25) is 19.6 Å². The molecule has 0 fully saturated rings. The summed E-state index contributed by atoms with van der Waals surface area (Å²) < 4.78 is 0. The average Bonchev–Trinajstić information content (AvgIpc) is 3.09. The van der Waals surface area contributed by atoms with Crippen molar-refractivity contribution < 1.29 is 9.59 Å². The van der Waals surface area contributed by atoms with Crippen LogP contribution in [0.5, 0.6) is 0 Å². The van der Waals surface area contributed by atoms with Crippen LogP contribution in [0.15, 0.2) is 158 Å². The van der Waals surface area contributed by atoms with Crippen molar-refractivity contribution in [3.05, 3.63) is 169 Å². The molecule has 7 aromatic rings. The molecule has 0 aliphatic carbocycles. The van der Waals surface area contributed by atoms with Gasteiger partial charge in [-0.1, -0.05) is 141 Å². The number of benzene rings is 5. The number of ketones is 2. The van der Waals surface area contributed by atoms with Crippen molar-refractivity contribution in [2.45, 2.75) is 7.43 Å². The molecule has 43 heavy (non-hydrogen) atoms. The predicted molar refractivity (Wildman–Crippen MR) is 176 cm³/mol. The molecule has 0 unspecified atom stereocenters. The van der Waals surface area contributed by atoms with E-state index in [9.17, 15) is 9.59 Å². The van der Waals surface area contributed by atoms with Crippen LogP contribution < -0.4 is 0 Å². The summed E-state index contributed by atoms with van der Waals surface area (Å²) in [4.78, 5) is 32.9. The minimum absolute atomic E-state index is 0. The number of rotatable bonds is 5. The first kappa shape index (κ1) is 28.8. The average molecular weight is 559 g/mol. The van der Waals surface area contributed by atoms with Gasteiger partial charge in [-0.15, -0.1) is 0 Å². The van der Waals surface area contributed by atoms with Gasteiger partial charge < -0.3 is 0 Å². The number of nitrogens with zero attached hydrogens (tertiary/aromatic N) is 2. The molecule has 7 rings (SSSR count). The van der Waals surface area contributed by atoms with Crippen LogP contribution in [0.25, 0.3) is 44.1 Å². The number of aromatic nitrogens is 2. The number of fused-ring (bicyclic) bond motifs is 3. The molecule has 208 valence electrons. The SMILES string of the molecule is C.O=C(C(=O)c1ccccc1)c1ccccc1.c1ccc(-c2ccnc3c2ccc2c(-c4ccccc4)ccnc23)cc1. The molecule has 0 bridgehead atoms. The molecule has 0 aliphatic heterocycles. The van der Waals surface area contributed by atoms with Gasteiger partial charge in [-0.2, -0.15) is 0 Å². The molecule has 0 saturated heterocycles. The fourth-order valence-corrected chi connectivity index (χ4v) is 5.01. The fourth-order valence-electron chi connectivity index (χ4n) is 5.01. The second-order valence-corrected chi connectivity index (χ2v) is 9.70. The lowest BCUT2D eigenvalue weighted by Crippen LogP contribution is -2.14. The molecule has 0 atom stereocenters. The number of pyridine rings is 2. The maximum Gasteiger partial charge on any atom is 0.233 e. The summed E-state index contributed by atoms with van der Waals surface area (Å²) in [6.45, 7) is 0. The molecule has 2 heterocycles. The summed E-state index contributed by atoms with van der Waals surface area (Å²) in [5.74, 6) is -0.932. The number of carbonyl (C=O) groups excluding carboxylic acids is 2. The maximum atomic E-state index is 11.8. The van der Waals surface area contributed by atoms with Crippen LogP contribution >= 0.6 is 0 Å². The first-order valence-corrected chi connectivity index (χ1v) is 13.7. The maximum absolute atomic E-state index is 11.8. The van der Waals surface area contributed by atoms with Crippen LogP contribution in [-0.2, 0) is 0 Å². The lowest BCUT2D eigenvalue weighted by atomic mass is 9.97. The summed E-state index contributed by atoms with van der Waals surface area (Å²) in [6.07, 6.45) is 3.75. The van der Waals surface area contributed by atoms with Crippen LogP contribution in [0.1, 0.15) is 28.1 Å². The zero-order valence-electron chi connectivity index (χ0n) is 22.7. The van der Waals surface area contributed by atoms with Gasteiger partial charge >= 0.3 is 0 Å². The Morgan fingerprint density at radius 2 is 0.721 bits per heavy atom. The lowest BCUT2D eigenvalue weighted by molar-refractivity contribution is 0.0817. The second kappa shape index (κ2) is 13.3. The first-order valence-electron chi connectivity index (χ1n) is 13.7. The molecule has 0 radical (unpaired) electrons. The van der Waals surface area contributed by atoms with E-state index in [1.165, 1.54) is 22.3 Å². The van der Waals surface area contributed by atoms with Gasteiger partial charge in [0, 0.05) is 34.3 Å². The van der Waals surface area contributed by atoms with Crippen LogP contribution in [0.4, 0.5) is 0 Å². The lowest BCUT2D eigenvalue weighted by Gasteiger charge is -2.11. The Hall–Kier alpha value is -5.74. The van der Waals surface area contributed by atoms with Crippen molar-refractivity contribution in [2.75, 3.05) is 0 Å². The Morgan fingerprint density at radius 1 is 0.395 bits per heavy atom. The largest absolute Gasteiger partial charge is 0.285 e. The van der Waals surface area contributed by atoms with Gasteiger partial charge in [0.15, 0.2) is 0 Å². The second-order valence-electron chi connectivity index (χ2n) is 9.70. The molecule has 0 N–H and O–H groups in total. The molecular weight excluding hydrogens is 528 g/mol. The zero-order chi connectivity index (χ0) is 28.7. The normalized spacial score (nSPS) is 10.3. The molecule has 2 aromatic heterocycles. The van der Waals surface area contributed by atoms with Crippen molar-refractivity contribution in [3.63, 3.8) is 0 Å². The smallest absolute Gasteiger partial charge is 0.233 e. The highest BCUT2D eigenvalue weighted by Gasteiger charge is 2.17. The van der Waals surface area contributed by atoms with E-state index in [0.29, 0.717) is 11.1 Å². The van der Waals surface area contributed by atoms with Gasteiger partial charge in [0.25, 0.3) is 0 Å². The third kappa shape index (κ3) is 6.14. The standard InChI is InChI=1S/C24H16N2.C14H10O2.CH4/c1-3-7-17(8-4-1)19-13-15-25-23-21(19)11-12-22-20(14-16-26-24(22)23)18-9-5-2-6-10-18;15-13(11-7-3-1-4-8-11)14(16)12-9-5-2-6-10-12;/h1-16H;1-10H;1H4. The summed E-state index contributed by atoms with van der Waals surface area (Å²) >= 11 is 0. The van der Waals surface area contributed by atoms with E-state index in [1.807, 2.05) is 36.7 Å². The molecule has 0 saturated carbocycles. The summed E-state index contributed by atoms with van der Waals surface area (Å²) in [7, 11) is 0. The Balaban J connectivity index is 0.000000188. The molecule has 0 amide bonds. The van der Waals surface area contributed by atoms with E-state index in [1.54, 1.807) is 48.5 Å². The Kier molecular flexibility index (Phi) is 8.89. The molecule has 5 aromatic carbocycles. The van der Waals surface area contributed by atoms with E-state index in [2.05, 4.69) is 82.8 Å². The van der Waals surface area contributed by atoms with Gasteiger partial charge in [0.2, 0.25) is 11.6 Å². The van der Waals surface area contributed by atoms with Crippen molar-refractivity contribution in [1.82, 2.24) is 9.97 Å². The molecule has 4 nitrogen and oxygen atoms in total. The van der Waals surface area contributed by atoms with Gasteiger partial charge in [0.1, 0.15) is 0 Å². The number of hydrogen-bond acceptors (Lipinski definition) is 4. The quantitative estimate of drug-likeness (QED) is 0.120. The fraction of sp³-hybridized carbons (Fsp3) is 0.0256. The third-order valence-corrected chi connectivity index (χ3v) is 7.07. The van der Waals surface area contributed by atoms with Gasteiger partial charge in [-0.25, -0.2) is 0 Å². The van der Waals surface area contributed by atoms with Crippen molar-refractivity contribution >= 4 is 33.4 Å². The monoisotopic (exact) mass is 558 g/mol. The van der Waals surface area contributed by atoms with E-state index < -0.39 is 11.6 Å². The Morgan fingerprint density at radius 3 is 1.07 bits per heavy atom. The van der Waals surface area contributed by atoms with Crippen molar-refractivity contribution in [1.29, 1.82) is 0 Å². The molecule has 0 aliphatic rings. The van der Waals surface area contributed by atoms with Crippen LogP contribution in [0.2, 0.25) is 0 Å². The first-order chi connectivity index (χ1) is 20.7. The van der Waals surface area contributed by atoms with Crippen LogP contribution in [0.3, 0.4) is 0 Å². The minimum Gasteiger partial charge on any atom is -0.285 e. The number of Topliss-reactive ketones (excluding diaryl/α,β-unsaturated/α-hetero) is 2. The van der Waals surface area contributed by atoms with Crippen LogP contribution in [-0.4, -0.2) is 21.5 Å². The Bertz CT molecular complexity index is 1840. The highest BCUT2D eigenvalue weighted by Crippen LogP contribution is 2.34. The van der Waals surface area contributed by atoms with Gasteiger partial charge in [-0.05, 0) is 34.4 Å². The zero-order valence-corrected chi connectivity index (χ0v) is 22.7.